The van der Waals surface area contributed by atoms with Crippen molar-refractivity contribution in [1.29, 1.82) is 0 Å². The number of urea groups is 1. The zero-order valence-corrected chi connectivity index (χ0v) is 11.7. The Morgan fingerprint density at radius 1 is 1.37 bits per heavy atom. The van der Waals surface area contributed by atoms with Crippen LogP contribution in [0.1, 0.15) is 33.1 Å². The number of carboxylic acids is 1. The number of carboxylic acid groups (broad SMARTS) is 1. The molecule has 0 bridgehead atoms. The number of aliphatic carboxylic acids is 1. The molecule has 110 valence electrons. The second-order valence-electron chi connectivity index (χ2n) is 5.35. The summed E-state index contributed by atoms with van der Waals surface area (Å²) in [4.78, 5) is 22.5. The predicted octanol–water partition coefficient (Wildman–Crippen LogP) is 1.21. The molecule has 0 aliphatic heterocycles. The largest absolute Gasteiger partial charge is 0.481 e. The van der Waals surface area contributed by atoms with Crippen molar-refractivity contribution in [2.75, 3.05) is 26.3 Å². The molecule has 1 atom stereocenters. The van der Waals surface area contributed by atoms with Gasteiger partial charge in [0.05, 0.1) is 12.0 Å². The van der Waals surface area contributed by atoms with Gasteiger partial charge in [-0.2, -0.15) is 0 Å². The fourth-order valence-corrected chi connectivity index (χ4v) is 1.46. The third kappa shape index (κ3) is 5.92. The fraction of sp³-hybridized carbons (Fsp3) is 0.846. The van der Waals surface area contributed by atoms with E-state index in [0.29, 0.717) is 19.6 Å². The SMILES string of the molecule is CCC(C)(CNC(=O)NCCOCC1CC1)C(=O)O. The van der Waals surface area contributed by atoms with E-state index in [1.54, 1.807) is 13.8 Å². The smallest absolute Gasteiger partial charge is 0.314 e. The van der Waals surface area contributed by atoms with Crippen molar-refractivity contribution < 1.29 is 19.4 Å². The second kappa shape index (κ2) is 7.33. The summed E-state index contributed by atoms with van der Waals surface area (Å²) in [6, 6.07) is -0.351. The summed E-state index contributed by atoms with van der Waals surface area (Å²) in [6.45, 7) is 5.24. The number of rotatable bonds is 9. The third-order valence-corrected chi connectivity index (χ3v) is 3.52. The van der Waals surface area contributed by atoms with Crippen LogP contribution in [0.25, 0.3) is 0 Å². The van der Waals surface area contributed by atoms with Gasteiger partial charge in [0.2, 0.25) is 0 Å². The average molecular weight is 272 g/mol. The number of carbonyl (C=O) groups excluding carboxylic acids is 1. The van der Waals surface area contributed by atoms with Crippen LogP contribution < -0.4 is 10.6 Å². The second-order valence-corrected chi connectivity index (χ2v) is 5.35. The van der Waals surface area contributed by atoms with Crippen LogP contribution in [-0.2, 0) is 9.53 Å². The lowest BCUT2D eigenvalue weighted by molar-refractivity contribution is -0.147. The summed E-state index contributed by atoms with van der Waals surface area (Å²) in [6.07, 6.45) is 2.96. The third-order valence-electron chi connectivity index (χ3n) is 3.52. The summed E-state index contributed by atoms with van der Waals surface area (Å²) in [7, 11) is 0. The molecule has 1 aliphatic carbocycles. The van der Waals surface area contributed by atoms with E-state index in [1.165, 1.54) is 12.8 Å². The van der Waals surface area contributed by atoms with Gasteiger partial charge in [-0.1, -0.05) is 6.92 Å². The van der Waals surface area contributed by atoms with Gasteiger partial charge in [-0.25, -0.2) is 4.79 Å². The zero-order valence-electron chi connectivity index (χ0n) is 11.7. The summed E-state index contributed by atoms with van der Waals surface area (Å²) < 4.78 is 5.38. The van der Waals surface area contributed by atoms with Crippen LogP contribution in [0.2, 0.25) is 0 Å². The Morgan fingerprint density at radius 2 is 2.05 bits per heavy atom. The van der Waals surface area contributed by atoms with Gasteiger partial charge in [-0.3, -0.25) is 4.79 Å². The Hall–Kier alpha value is -1.30. The molecule has 1 fully saturated rings. The Kier molecular flexibility index (Phi) is 6.08. The molecule has 1 unspecified atom stereocenters. The first-order valence-electron chi connectivity index (χ1n) is 6.81. The minimum atomic E-state index is -0.917. The number of hydrogen-bond acceptors (Lipinski definition) is 3. The van der Waals surface area contributed by atoms with Gasteiger partial charge in [-0.15, -0.1) is 0 Å². The molecule has 0 heterocycles. The number of ether oxygens (including phenoxy) is 1. The summed E-state index contributed by atoms with van der Waals surface area (Å²) in [5.41, 5.74) is -0.917. The molecule has 0 aromatic carbocycles. The molecule has 0 aromatic heterocycles. The van der Waals surface area contributed by atoms with Gasteiger partial charge in [0.15, 0.2) is 0 Å². The Balaban J connectivity index is 2.07. The molecular formula is C13H24N2O4. The average Bonchev–Trinajstić information content (AvgIpc) is 3.19. The van der Waals surface area contributed by atoms with E-state index in [9.17, 15) is 9.59 Å². The molecular weight excluding hydrogens is 248 g/mol. The van der Waals surface area contributed by atoms with E-state index in [0.717, 1.165) is 12.5 Å². The highest BCUT2D eigenvalue weighted by molar-refractivity contribution is 5.77. The first-order valence-corrected chi connectivity index (χ1v) is 6.81. The van der Waals surface area contributed by atoms with Gasteiger partial charge in [0, 0.05) is 19.7 Å². The Labute approximate surface area is 113 Å². The lowest BCUT2D eigenvalue weighted by Crippen LogP contribution is -2.45. The van der Waals surface area contributed by atoms with Gasteiger partial charge in [0.25, 0.3) is 0 Å². The molecule has 0 aromatic rings. The summed E-state index contributed by atoms with van der Waals surface area (Å²) in [5.74, 6) is -0.183. The van der Waals surface area contributed by atoms with E-state index in [1.807, 2.05) is 0 Å². The molecule has 6 nitrogen and oxygen atoms in total. The summed E-state index contributed by atoms with van der Waals surface area (Å²) >= 11 is 0. The van der Waals surface area contributed by atoms with Gasteiger partial charge in [0.1, 0.15) is 0 Å². The molecule has 1 saturated carbocycles. The quantitative estimate of drug-likeness (QED) is 0.551. The summed E-state index contributed by atoms with van der Waals surface area (Å²) in [5, 5.41) is 14.3. The minimum Gasteiger partial charge on any atom is -0.481 e. The van der Waals surface area contributed by atoms with Crippen LogP contribution in [0.15, 0.2) is 0 Å². The van der Waals surface area contributed by atoms with E-state index in [2.05, 4.69) is 10.6 Å². The van der Waals surface area contributed by atoms with Crippen molar-refractivity contribution in [2.24, 2.45) is 11.3 Å². The van der Waals surface area contributed by atoms with Crippen LogP contribution in [0.5, 0.6) is 0 Å². The molecule has 19 heavy (non-hydrogen) atoms. The fourth-order valence-electron chi connectivity index (χ4n) is 1.46. The van der Waals surface area contributed by atoms with Crippen molar-refractivity contribution in [1.82, 2.24) is 10.6 Å². The predicted molar refractivity (Wildman–Crippen MR) is 71.0 cm³/mol. The van der Waals surface area contributed by atoms with Crippen molar-refractivity contribution in [3.63, 3.8) is 0 Å². The van der Waals surface area contributed by atoms with Crippen molar-refractivity contribution in [3.05, 3.63) is 0 Å². The van der Waals surface area contributed by atoms with Gasteiger partial charge < -0.3 is 20.5 Å². The Bertz CT molecular complexity index is 318. The molecule has 2 amide bonds. The number of nitrogens with one attached hydrogen (secondary N) is 2. The lowest BCUT2D eigenvalue weighted by Gasteiger charge is -2.23. The normalized spacial score (nSPS) is 17.6. The van der Waals surface area contributed by atoms with Crippen LogP contribution >= 0.6 is 0 Å². The highest BCUT2D eigenvalue weighted by Crippen LogP contribution is 2.28. The molecule has 1 rings (SSSR count). The lowest BCUT2D eigenvalue weighted by atomic mass is 9.88. The van der Waals surface area contributed by atoms with Crippen LogP contribution in [-0.4, -0.2) is 43.4 Å². The van der Waals surface area contributed by atoms with E-state index in [-0.39, 0.29) is 12.6 Å². The highest BCUT2D eigenvalue weighted by atomic mass is 16.5. The first-order chi connectivity index (χ1) is 8.98. The maximum absolute atomic E-state index is 11.5. The van der Waals surface area contributed by atoms with Crippen molar-refractivity contribution in [3.8, 4) is 0 Å². The molecule has 0 spiro atoms. The van der Waals surface area contributed by atoms with E-state index < -0.39 is 11.4 Å². The monoisotopic (exact) mass is 272 g/mol. The minimum absolute atomic E-state index is 0.119. The number of carbonyl (C=O) groups is 2. The molecule has 6 heteroatoms. The maximum Gasteiger partial charge on any atom is 0.314 e. The molecule has 0 radical (unpaired) electrons. The van der Waals surface area contributed by atoms with Crippen LogP contribution in [0.4, 0.5) is 4.79 Å². The van der Waals surface area contributed by atoms with Crippen molar-refractivity contribution in [2.45, 2.75) is 33.1 Å². The number of amides is 2. The van der Waals surface area contributed by atoms with Crippen LogP contribution in [0.3, 0.4) is 0 Å². The topological polar surface area (TPSA) is 87.7 Å². The molecule has 1 aliphatic rings. The molecule has 0 saturated heterocycles. The van der Waals surface area contributed by atoms with Gasteiger partial charge in [-0.05, 0) is 32.1 Å². The number of hydrogen-bond donors (Lipinski definition) is 3. The molecule has 3 N–H and O–H groups in total. The van der Waals surface area contributed by atoms with Crippen molar-refractivity contribution >= 4 is 12.0 Å². The Morgan fingerprint density at radius 3 is 2.58 bits per heavy atom. The van der Waals surface area contributed by atoms with E-state index >= 15 is 0 Å². The maximum atomic E-state index is 11.5. The first kappa shape index (κ1) is 15.8. The van der Waals surface area contributed by atoms with Gasteiger partial charge >= 0.3 is 12.0 Å². The standard InChI is InChI=1S/C13H24N2O4/c1-3-13(2,11(16)17)9-15-12(18)14-6-7-19-8-10-4-5-10/h10H,3-9H2,1-2H3,(H,16,17)(H2,14,15,18). The van der Waals surface area contributed by atoms with E-state index in [4.69, 9.17) is 9.84 Å². The zero-order chi connectivity index (χ0) is 14.3. The highest BCUT2D eigenvalue weighted by Gasteiger charge is 2.31. The van der Waals surface area contributed by atoms with Crippen LogP contribution in [0, 0.1) is 11.3 Å².